The number of fused-ring (bicyclic) bond motifs is 1. The standard InChI is InChI=1S/C14H15ClN4S/c1-20-14-18-12-8-16-7-6-9(12)13(19-14)17-11-5-3-2-4-10(11)15/h2-5,16H,6-8H2,1H3,(H,17,18,19). The summed E-state index contributed by atoms with van der Waals surface area (Å²) in [5.74, 6) is 0.869. The fraction of sp³-hybridized carbons (Fsp3) is 0.286. The van der Waals surface area contributed by atoms with Gasteiger partial charge in [-0.1, -0.05) is 35.5 Å². The zero-order valence-electron chi connectivity index (χ0n) is 11.1. The van der Waals surface area contributed by atoms with Crippen molar-refractivity contribution in [1.82, 2.24) is 15.3 Å². The lowest BCUT2D eigenvalue weighted by Gasteiger charge is -2.20. The van der Waals surface area contributed by atoms with Gasteiger partial charge in [-0.2, -0.15) is 0 Å². The molecule has 2 N–H and O–H groups in total. The predicted molar refractivity (Wildman–Crippen MR) is 84.0 cm³/mol. The molecule has 1 aliphatic rings. The summed E-state index contributed by atoms with van der Waals surface area (Å²) in [6, 6.07) is 7.70. The van der Waals surface area contributed by atoms with E-state index in [1.54, 1.807) is 11.8 Å². The first-order chi connectivity index (χ1) is 9.78. The van der Waals surface area contributed by atoms with Crippen molar-refractivity contribution in [1.29, 1.82) is 0 Å². The second kappa shape index (κ2) is 5.99. The van der Waals surface area contributed by atoms with Crippen LogP contribution in [0.25, 0.3) is 0 Å². The molecule has 0 saturated heterocycles. The molecule has 104 valence electrons. The number of thioether (sulfide) groups is 1. The van der Waals surface area contributed by atoms with Crippen LogP contribution in [0.15, 0.2) is 29.4 Å². The summed E-state index contributed by atoms with van der Waals surface area (Å²) in [6.07, 6.45) is 2.91. The zero-order valence-corrected chi connectivity index (χ0v) is 12.7. The molecule has 0 atom stereocenters. The Morgan fingerprint density at radius 1 is 1.30 bits per heavy atom. The SMILES string of the molecule is CSc1nc2c(c(Nc3ccccc3Cl)n1)CCNC2. The zero-order chi connectivity index (χ0) is 13.9. The predicted octanol–water partition coefficient (Wildman–Crippen LogP) is 3.24. The van der Waals surface area contributed by atoms with Crippen LogP contribution < -0.4 is 10.6 Å². The van der Waals surface area contributed by atoms with Crippen molar-refractivity contribution >= 4 is 34.9 Å². The molecule has 0 bridgehead atoms. The number of anilines is 2. The van der Waals surface area contributed by atoms with E-state index in [0.717, 1.165) is 41.9 Å². The number of nitrogens with one attached hydrogen (secondary N) is 2. The molecule has 0 saturated carbocycles. The molecule has 6 heteroatoms. The molecule has 3 rings (SSSR count). The molecule has 0 amide bonds. The largest absolute Gasteiger partial charge is 0.339 e. The summed E-state index contributed by atoms with van der Waals surface area (Å²) in [4.78, 5) is 9.17. The Morgan fingerprint density at radius 2 is 2.15 bits per heavy atom. The summed E-state index contributed by atoms with van der Waals surface area (Å²) in [6.45, 7) is 1.74. The van der Waals surface area contributed by atoms with Gasteiger partial charge in [0.25, 0.3) is 0 Å². The lowest BCUT2D eigenvalue weighted by Crippen LogP contribution is -2.26. The van der Waals surface area contributed by atoms with Gasteiger partial charge < -0.3 is 10.6 Å². The Morgan fingerprint density at radius 3 is 2.95 bits per heavy atom. The second-order valence-corrected chi connectivity index (χ2v) is 5.70. The highest BCUT2D eigenvalue weighted by Crippen LogP contribution is 2.29. The minimum absolute atomic E-state index is 0.694. The van der Waals surface area contributed by atoms with Crippen LogP contribution in [0, 0.1) is 0 Å². The van der Waals surface area contributed by atoms with Gasteiger partial charge in [0.2, 0.25) is 0 Å². The van der Waals surface area contributed by atoms with E-state index < -0.39 is 0 Å². The van der Waals surface area contributed by atoms with Crippen LogP contribution in [-0.4, -0.2) is 22.8 Å². The Bertz CT molecular complexity index is 633. The van der Waals surface area contributed by atoms with Gasteiger partial charge in [-0.25, -0.2) is 9.97 Å². The van der Waals surface area contributed by atoms with Gasteiger partial charge in [-0.05, 0) is 31.4 Å². The number of rotatable bonds is 3. The first-order valence-corrected chi connectivity index (χ1v) is 8.04. The average molecular weight is 307 g/mol. The van der Waals surface area contributed by atoms with Crippen molar-refractivity contribution in [3.63, 3.8) is 0 Å². The Hall–Kier alpha value is -1.30. The maximum atomic E-state index is 6.21. The summed E-state index contributed by atoms with van der Waals surface area (Å²) in [7, 11) is 0. The van der Waals surface area contributed by atoms with E-state index in [0.29, 0.717) is 5.02 Å². The normalized spacial score (nSPS) is 13.9. The summed E-state index contributed by atoms with van der Waals surface area (Å²) in [5, 5.41) is 8.17. The highest BCUT2D eigenvalue weighted by Gasteiger charge is 2.17. The van der Waals surface area contributed by atoms with Crippen LogP contribution in [0.3, 0.4) is 0 Å². The fourth-order valence-electron chi connectivity index (χ4n) is 2.22. The minimum Gasteiger partial charge on any atom is -0.339 e. The third kappa shape index (κ3) is 2.75. The van der Waals surface area contributed by atoms with Gasteiger partial charge in [0.15, 0.2) is 5.16 Å². The van der Waals surface area contributed by atoms with Crippen molar-refractivity contribution in [2.24, 2.45) is 0 Å². The molecular weight excluding hydrogens is 292 g/mol. The lowest BCUT2D eigenvalue weighted by atomic mass is 10.1. The van der Waals surface area contributed by atoms with Crippen LogP contribution >= 0.6 is 23.4 Å². The van der Waals surface area contributed by atoms with Gasteiger partial charge in [-0.3, -0.25) is 0 Å². The molecule has 0 aliphatic carbocycles. The number of aromatic nitrogens is 2. The Labute approximate surface area is 127 Å². The maximum absolute atomic E-state index is 6.21. The first-order valence-electron chi connectivity index (χ1n) is 6.44. The van der Waals surface area contributed by atoms with E-state index in [1.165, 1.54) is 5.56 Å². The molecular formula is C14H15ClN4S. The highest BCUT2D eigenvalue weighted by molar-refractivity contribution is 7.98. The average Bonchev–Trinajstić information content (AvgIpc) is 2.49. The van der Waals surface area contributed by atoms with Crippen molar-refractivity contribution in [3.05, 3.63) is 40.5 Å². The van der Waals surface area contributed by atoms with Crippen LogP contribution in [0.1, 0.15) is 11.3 Å². The van der Waals surface area contributed by atoms with Gasteiger partial charge >= 0.3 is 0 Å². The molecule has 20 heavy (non-hydrogen) atoms. The third-order valence-electron chi connectivity index (χ3n) is 3.23. The maximum Gasteiger partial charge on any atom is 0.189 e. The van der Waals surface area contributed by atoms with E-state index in [4.69, 9.17) is 11.6 Å². The molecule has 0 fully saturated rings. The summed E-state index contributed by atoms with van der Waals surface area (Å²) >= 11 is 7.76. The number of hydrogen-bond donors (Lipinski definition) is 2. The third-order valence-corrected chi connectivity index (χ3v) is 4.10. The van der Waals surface area contributed by atoms with E-state index in [-0.39, 0.29) is 0 Å². The molecule has 0 unspecified atom stereocenters. The Balaban J connectivity index is 2.02. The number of halogens is 1. The van der Waals surface area contributed by atoms with Crippen LogP contribution in [0.2, 0.25) is 5.02 Å². The molecule has 2 aromatic rings. The van der Waals surface area contributed by atoms with Gasteiger partial charge in [0.1, 0.15) is 5.82 Å². The topological polar surface area (TPSA) is 49.8 Å². The monoisotopic (exact) mass is 306 g/mol. The fourth-order valence-corrected chi connectivity index (χ4v) is 2.79. The van der Waals surface area contributed by atoms with Crippen molar-refractivity contribution in [2.45, 2.75) is 18.1 Å². The number of nitrogens with zero attached hydrogens (tertiary/aromatic N) is 2. The van der Waals surface area contributed by atoms with Gasteiger partial charge in [-0.15, -0.1) is 0 Å². The lowest BCUT2D eigenvalue weighted by molar-refractivity contribution is 0.615. The van der Waals surface area contributed by atoms with Gasteiger partial charge in [0, 0.05) is 12.1 Å². The highest BCUT2D eigenvalue weighted by atomic mass is 35.5. The Kier molecular flexibility index (Phi) is 4.10. The van der Waals surface area contributed by atoms with Crippen molar-refractivity contribution < 1.29 is 0 Å². The molecule has 4 nitrogen and oxygen atoms in total. The number of para-hydroxylation sites is 1. The van der Waals surface area contributed by atoms with Crippen LogP contribution in [0.5, 0.6) is 0 Å². The minimum atomic E-state index is 0.694. The van der Waals surface area contributed by atoms with Gasteiger partial charge in [0.05, 0.1) is 16.4 Å². The summed E-state index contributed by atoms with van der Waals surface area (Å²) < 4.78 is 0. The van der Waals surface area contributed by atoms with E-state index >= 15 is 0 Å². The van der Waals surface area contributed by atoms with Crippen molar-refractivity contribution in [3.8, 4) is 0 Å². The number of benzene rings is 1. The number of hydrogen-bond acceptors (Lipinski definition) is 5. The quantitative estimate of drug-likeness (QED) is 0.673. The molecule has 2 heterocycles. The van der Waals surface area contributed by atoms with E-state index in [2.05, 4.69) is 20.6 Å². The molecule has 1 aromatic carbocycles. The van der Waals surface area contributed by atoms with Crippen LogP contribution in [-0.2, 0) is 13.0 Å². The molecule has 0 spiro atoms. The van der Waals surface area contributed by atoms with E-state index in [1.807, 2.05) is 30.5 Å². The molecule has 1 aliphatic heterocycles. The second-order valence-electron chi connectivity index (χ2n) is 4.52. The smallest absolute Gasteiger partial charge is 0.189 e. The molecule has 1 aromatic heterocycles. The van der Waals surface area contributed by atoms with Crippen molar-refractivity contribution in [2.75, 3.05) is 18.1 Å². The van der Waals surface area contributed by atoms with Crippen LogP contribution in [0.4, 0.5) is 11.5 Å². The summed E-state index contributed by atoms with van der Waals surface area (Å²) in [5.41, 5.74) is 3.13. The first kappa shape index (κ1) is 13.7. The van der Waals surface area contributed by atoms with E-state index in [9.17, 15) is 0 Å². The molecule has 0 radical (unpaired) electrons.